The van der Waals surface area contributed by atoms with Gasteiger partial charge in [-0.25, -0.2) is 4.79 Å². The third kappa shape index (κ3) is 2.61. The molecule has 16 heavy (non-hydrogen) atoms. The highest BCUT2D eigenvalue weighted by Crippen LogP contribution is 2.44. The second kappa shape index (κ2) is 4.53. The number of carbonyl (C=O) groups is 1. The number of aliphatic hydroxyl groups excluding tert-OH is 1. The van der Waals surface area contributed by atoms with Crippen molar-refractivity contribution in [3.63, 3.8) is 0 Å². The summed E-state index contributed by atoms with van der Waals surface area (Å²) in [5.74, 6) is -0.878. The molecule has 0 aliphatic heterocycles. The van der Waals surface area contributed by atoms with E-state index in [1.807, 2.05) is 0 Å². The van der Waals surface area contributed by atoms with Crippen LogP contribution in [0.25, 0.3) is 0 Å². The number of aromatic carboxylic acids is 1. The van der Waals surface area contributed by atoms with Crippen molar-refractivity contribution in [3.05, 3.63) is 21.9 Å². The van der Waals surface area contributed by atoms with Crippen LogP contribution in [-0.4, -0.2) is 29.3 Å². The van der Waals surface area contributed by atoms with E-state index in [1.165, 1.54) is 11.3 Å². The maximum Gasteiger partial charge on any atom is 0.336 e. The molecule has 1 aromatic heterocycles. The van der Waals surface area contributed by atoms with Crippen LogP contribution in [0.4, 0.5) is 0 Å². The number of carboxylic acids is 1. The van der Waals surface area contributed by atoms with Crippen molar-refractivity contribution in [2.75, 3.05) is 13.2 Å². The summed E-state index contributed by atoms with van der Waals surface area (Å²) in [5, 5.41) is 22.8. The van der Waals surface area contributed by atoms with Crippen LogP contribution in [0.2, 0.25) is 0 Å². The molecule has 0 radical (unpaired) electrons. The van der Waals surface area contributed by atoms with E-state index in [4.69, 9.17) is 10.2 Å². The van der Waals surface area contributed by atoms with Gasteiger partial charge >= 0.3 is 5.97 Å². The maximum atomic E-state index is 10.7. The highest BCUT2D eigenvalue weighted by atomic mass is 32.1. The minimum Gasteiger partial charge on any atom is -0.478 e. The van der Waals surface area contributed by atoms with Crippen LogP contribution in [0.15, 0.2) is 11.4 Å². The number of hydrogen-bond acceptors (Lipinski definition) is 4. The van der Waals surface area contributed by atoms with Gasteiger partial charge in [0.15, 0.2) is 0 Å². The third-order valence-electron chi connectivity index (χ3n) is 2.99. The van der Waals surface area contributed by atoms with Crippen LogP contribution < -0.4 is 5.32 Å². The lowest BCUT2D eigenvalue weighted by Crippen LogP contribution is -2.25. The first kappa shape index (κ1) is 11.6. The Morgan fingerprint density at radius 1 is 1.56 bits per heavy atom. The van der Waals surface area contributed by atoms with Crippen molar-refractivity contribution in [3.8, 4) is 0 Å². The number of carboxylic acid groups (broad SMARTS) is 1. The summed E-state index contributed by atoms with van der Waals surface area (Å²) in [5.41, 5.74) is 0.456. The Kier molecular flexibility index (Phi) is 3.28. The molecule has 4 nitrogen and oxygen atoms in total. The summed E-state index contributed by atoms with van der Waals surface area (Å²) in [6, 6.07) is 1.69. The van der Waals surface area contributed by atoms with E-state index < -0.39 is 5.97 Å². The fourth-order valence-electron chi connectivity index (χ4n) is 1.60. The highest BCUT2D eigenvalue weighted by molar-refractivity contribution is 7.10. The predicted octanol–water partition coefficient (Wildman–Crippen LogP) is 1.31. The summed E-state index contributed by atoms with van der Waals surface area (Å²) in [6.07, 6.45) is 2.17. The average molecular weight is 241 g/mol. The van der Waals surface area contributed by atoms with Gasteiger partial charge in [-0.15, -0.1) is 11.3 Å². The van der Waals surface area contributed by atoms with Gasteiger partial charge in [-0.1, -0.05) is 0 Å². The smallest absolute Gasteiger partial charge is 0.336 e. The molecule has 1 saturated carbocycles. The van der Waals surface area contributed by atoms with E-state index in [-0.39, 0.29) is 12.0 Å². The van der Waals surface area contributed by atoms with Crippen molar-refractivity contribution in [1.29, 1.82) is 0 Å². The van der Waals surface area contributed by atoms with Gasteiger partial charge in [-0.05, 0) is 18.9 Å². The molecule has 2 rings (SSSR count). The second-order valence-electron chi connectivity index (χ2n) is 4.37. The summed E-state index contributed by atoms with van der Waals surface area (Å²) in [4.78, 5) is 11.7. The van der Waals surface area contributed by atoms with Crippen LogP contribution >= 0.6 is 11.3 Å². The number of thiophene rings is 1. The van der Waals surface area contributed by atoms with Gasteiger partial charge in [-0.2, -0.15) is 0 Å². The second-order valence-corrected chi connectivity index (χ2v) is 5.36. The Bertz CT molecular complexity index is 384. The number of nitrogens with one attached hydrogen (secondary N) is 1. The van der Waals surface area contributed by atoms with Gasteiger partial charge in [0.05, 0.1) is 5.56 Å². The highest BCUT2D eigenvalue weighted by Gasteiger charge is 2.41. The third-order valence-corrected chi connectivity index (χ3v) is 3.93. The zero-order valence-electron chi connectivity index (χ0n) is 8.90. The molecule has 1 fully saturated rings. The lowest BCUT2D eigenvalue weighted by atomic mass is 10.1. The molecular weight excluding hydrogens is 226 g/mol. The lowest BCUT2D eigenvalue weighted by molar-refractivity contribution is 0.0697. The topological polar surface area (TPSA) is 69.6 Å². The van der Waals surface area contributed by atoms with Gasteiger partial charge in [0, 0.05) is 35.4 Å². The standard InChI is InChI=1S/C11H15NO3S/c13-7-11(1-2-11)6-12-4-9-3-8(5-16-9)10(14)15/h3,5,12-13H,1-2,4,6-7H2,(H,14,15). The van der Waals surface area contributed by atoms with Gasteiger partial charge in [0.1, 0.15) is 0 Å². The molecule has 3 N–H and O–H groups in total. The molecule has 0 amide bonds. The Labute approximate surface area is 97.9 Å². The van der Waals surface area contributed by atoms with E-state index >= 15 is 0 Å². The first-order chi connectivity index (χ1) is 7.65. The zero-order chi connectivity index (χ0) is 11.6. The summed E-state index contributed by atoms with van der Waals surface area (Å²) >= 11 is 1.45. The van der Waals surface area contributed by atoms with E-state index in [2.05, 4.69) is 5.32 Å². The Balaban J connectivity index is 1.79. The van der Waals surface area contributed by atoms with Crippen molar-refractivity contribution < 1.29 is 15.0 Å². The summed E-state index contributed by atoms with van der Waals surface area (Å²) in [6.45, 7) is 1.73. The van der Waals surface area contributed by atoms with Crippen LogP contribution in [0.1, 0.15) is 28.1 Å². The molecule has 0 aromatic carbocycles. The molecule has 88 valence electrons. The van der Waals surface area contributed by atoms with E-state index in [1.54, 1.807) is 11.4 Å². The Morgan fingerprint density at radius 2 is 2.31 bits per heavy atom. The predicted molar refractivity (Wildman–Crippen MR) is 61.7 cm³/mol. The monoisotopic (exact) mass is 241 g/mol. The molecule has 0 bridgehead atoms. The molecule has 5 heteroatoms. The fraction of sp³-hybridized carbons (Fsp3) is 0.545. The van der Waals surface area contributed by atoms with Crippen molar-refractivity contribution >= 4 is 17.3 Å². The molecule has 0 unspecified atom stereocenters. The zero-order valence-corrected chi connectivity index (χ0v) is 9.72. The van der Waals surface area contributed by atoms with Crippen LogP contribution in [0, 0.1) is 5.41 Å². The van der Waals surface area contributed by atoms with Gasteiger partial charge in [-0.3, -0.25) is 0 Å². The SMILES string of the molecule is O=C(O)c1csc(CNCC2(CO)CC2)c1. The Hall–Kier alpha value is -0.910. The summed E-state index contributed by atoms with van der Waals surface area (Å²) in [7, 11) is 0. The normalized spacial score (nSPS) is 17.3. The van der Waals surface area contributed by atoms with Gasteiger partial charge < -0.3 is 15.5 Å². The lowest BCUT2D eigenvalue weighted by Gasteiger charge is -2.11. The first-order valence-electron chi connectivity index (χ1n) is 5.27. The molecule has 1 aromatic rings. The van der Waals surface area contributed by atoms with E-state index in [9.17, 15) is 4.79 Å². The molecule has 0 spiro atoms. The van der Waals surface area contributed by atoms with Gasteiger partial charge in [0.25, 0.3) is 0 Å². The molecule has 0 saturated heterocycles. The average Bonchev–Trinajstić information content (AvgIpc) is 2.88. The molecular formula is C11H15NO3S. The van der Waals surface area contributed by atoms with E-state index in [0.717, 1.165) is 24.3 Å². The van der Waals surface area contributed by atoms with Gasteiger partial charge in [0.2, 0.25) is 0 Å². The maximum absolute atomic E-state index is 10.7. The van der Waals surface area contributed by atoms with Crippen molar-refractivity contribution in [2.24, 2.45) is 5.41 Å². The number of rotatable bonds is 6. The quantitative estimate of drug-likeness (QED) is 0.702. The molecule has 1 aliphatic carbocycles. The number of hydrogen-bond donors (Lipinski definition) is 3. The Morgan fingerprint density at radius 3 is 2.81 bits per heavy atom. The minimum atomic E-state index is -0.878. The fourth-order valence-corrected chi connectivity index (χ4v) is 2.43. The molecule has 1 aliphatic rings. The van der Waals surface area contributed by atoms with Crippen LogP contribution in [-0.2, 0) is 6.54 Å². The number of aliphatic hydroxyl groups is 1. The minimum absolute atomic E-state index is 0.104. The molecule has 0 atom stereocenters. The largest absolute Gasteiger partial charge is 0.478 e. The van der Waals surface area contributed by atoms with Crippen LogP contribution in [0.3, 0.4) is 0 Å². The summed E-state index contributed by atoms with van der Waals surface area (Å²) < 4.78 is 0. The molecule has 1 heterocycles. The van der Waals surface area contributed by atoms with Crippen LogP contribution in [0.5, 0.6) is 0 Å². The first-order valence-corrected chi connectivity index (χ1v) is 6.15. The van der Waals surface area contributed by atoms with E-state index in [0.29, 0.717) is 12.1 Å². The van der Waals surface area contributed by atoms with Crippen molar-refractivity contribution in [2.45, 2.75) is 19.4 Å². The van der Waals surface area contributed by atoms with Crippen molar-refractivity contribution in [1.82, 2.24) is 5.32 Å².